The predicted octanol–water partition coefficient (Wildman–Crippen LogP) is 2.53. The molecule has 2 aromatic carbocycles. The van der Waals surface area contributed by atoms with Crippen LogP contribution in [0.2, 0.25) is 0 Å². The van der Waals surface area contributed by atoms with Crippen LogP contribution in [0.15, 0.2) is 67.0 Å². The third-order valence-corrected chi connectivity index (χ3v) is 5.41. The summed E-state index contributed by atoms with van der Waals surface area (Å²) in [6.45, 7) is -0.0436. The molecule has 0 bridgehead atoms. The van der Waals surface area contributed by atoms with Gasteiger partial charge in [0.2, 0.25) is 5.91 Å². The van der Waals surface area contributed by atoms with Crippen molar-refractivity contribution in [3.8, 4) is 0 Å². The summed E-state index contributed by atoms with van der Waals surface area (Å²) < 4.78 is 7.62. The van der Waals surface area contributed by atoms with Crippen LogP contribution in [0.25, 0.3) is 0 Å². The molecule has 3 amide bonds. The van der Waals surface area contributed by atoms with Gasteiger partial charge in [-0.15, -0.1) is 0 Å². The number of imidazole rings is 1. The maximum absolute atomic E-state index is 12.5. The second-order valence-corrected chi connectivity index (χ2v) is 7.52. The van der Waals surface area contributed by atoms with Crippen LogP contribution < -0.4 is 10.6 Å². The number of nitrogens with one attached hydrogen (secondary N) is 2. The SMILES string of the molecule is Cn1ccnc1CN1C(=O)CO[C@H](c2ccc(NC(=O)Nc3ccccc3)cc2)[C@H]1CO. The number of aliphatic hydroxyl groups excluding tert-OH is 1. The maximum Gasteiger partial charge on any atom is 0.323 e. The second kappa shape index (κ2) is 9.63. The van der Waals surface area contributed by atoms with Crippen LogP contribution in [0.1, 0.15) is 17.5 Å². The Labute approximate surface area is 185 Å². The molecule has 1 aliphatic heterocycles. The molecule has 9 nitrogen and oxygen atoms in total. The molecule has 9 heteroatoms. The second-order valence-electron chi connectivity index (χ2n) is 7.52. The number of aryl methyl sites for hydroxylation is 1. The van der Waals surface area contributed by atoms with Gasteiger partial charge in [-0.05, 0) is 29.8 Å². The van der Waals surface area contributed by atoms with Crippen molar-refractivity contribution in [2.75, 3.05) is 23.8 Å². The normalized spacial score (nSPS) is 18.4. The van der Waals surface area contributed by atoms with Crippen LogP contribution >= 0.6 is 0 Å². The third-order valence-electron chi connectivity index (χ3n) is 5.41. The summed E-state index contributed by atoms with van der Waals surface area (Å²) >= 11 is 0. The molecule has 1 aliphatic rings. The quantitative estimate of drug-likeness (QED) is 0.551. The Morgan fingerprint density at radius 2 is 1.81 bits per heavy atom. The number of nitrogens with zero attached hydrogens (tertiary/aromatic N) is 3. The number of carbonyl (C=O) groups is 2. The summed E-state index contributed by atoms with van der Waals surface area (Å²) in [6, 6.07) is 15.4. The lowest BCUT2D eigenvalue weighted by Crippen LogP contribution is -2.52. The number of anilines is 2. The minimum atomic E-state index is -0.548. The molecule has 3 aromatic rings. The van der Waals surface area contributed by atoms with Crippen molar-refractivity contribution in [2.45, 2.75) is 18.7 Å². The largest absolute Gasteiger partial charge is 0.394 e. The number of morpholine rings is 1. The molecule has 0 unspecified atom stereocenters. The van der Waals surface area contributed by atoms with Gasteiger partial charge in [0.05, 0.1) is 19.2 Å². The molecule has 2 atom stereocenters. The lowest BCUT2D eigenvalue weighted by atomic mass is 9.99. The fourth-order valence-electron chi connectivity index (χ4n) is 3.69. The fraction of sp³-hybridized carbons (Fsp3) is 0.261. The van der Waals surface area contributed by atoms with Gasteiger partial charge < -0.3 is 29.9 Å². The van der Waals surface area contributed by atoms with Crippen molar-refractivity contribution in [1.82, 2.24) is 14.5 Å². The molecule has 0 radical (unpaired) electrons. The van der Waals surface area contributed by atoms with Gasteiger partial charge in [0.25, 0.3) is 0 Å². The van der Waals surface area contributed by atoms with Gasteiger partial charge in [-0.25, -0.2) is 9.78 Å². The van der Waals surface area contributed by atoms with Crippen LogP contribution in [0.4, 0.5) is 16.2 Å². The third kappa shape index (κ3) is 4.79. The highest BCUT2D eigenvalue weighted by atomic mass is 16.5. The molecular weight excluding hydrogens is 410 g/mol. The molecule has 0 aliphatic carbocycles. The van der Waals surface area contributed by atoms with Gasteiger partial charge in [-0.2, -0.15) is 0 Å². The van der Waals surface area contributed by atoms with Crippen LogP contribution in [0, 0.1) is 0 Å². The van der Waals surface area contributed by atoms with Crippen LogP contribution in [-0.4, -0.2) is 50.8 Å². The topological polar surface area (TPSA) is 109 Å². The number of benzene rings is 2. The highest BCUT2D eigenvalue weighted by molar-refractivity contribution is 5.99. The van der Waals surface area contributed by atoms with Crippen LogP contribution in [0.3, 0.4) is 0 Å². The van der Waals surface area contributed by atoms with Gasteiger partial charge in [0.15, 0.2) is 0 Å². The van der Waals surface area contributed by atoms with E-state index in [0.29, 0.717) is 11.4 Å². The molecule has 2 heterocycles. The van der Waals surface area contributed by atoms with Crippen LogP contribution in [-0.2, 0) is 23.1 Å². The number of hydrogen-bond donors (Lipinski definition) is 3. The molecule has 1 fully saturated rings. The zero-order chi connectivity index (χ0) is 22.5. The molecule has 32 heavy (non-hydrogen) atoms. The zero-order valence-electron chi connectivity index (χ0n) is 17.6. The molecule has 1 aromatic heterocycles. The molecule has 0 spiro atoms. The summed E-state index contributed by atoms with van der Waals surface area (Å²) in [7, 11) is 1.86. The first kappa shape index (κ1) is 21.5. The molecule has 0 saturated carbocycles. The highest BCUT2D eigenvalue weighted by Crippen LogP contribution is 2.30. The first-order valence-corrected chi connectivity index (χ1v) is 10.3. The monoisotopic (exact) mass is 435 g/mol. The van der Waals surface area contributed by atoms with E-state index in [0.717, 1.165) is 11.4 Å². The van der Waals surface area contributed by atoms with Crippen molar-refractivity contribution in [3.05, 3.63) is 78.4 Å². The number of aliphatic hydroxyl groups is 1. The number of hydrogen-bond acceptors (Lipinski definition) is 5. The Hall–Kier alpha value is -3.69. The van der Waals surface area contributed by atoms with E-state index in [1.807, 2.05) is 48.1 Å². The van der Waals surface area contributed by atoms with Gasteiger partial charge >= 0.3 is 6.03 Å². The standard InChI is InChI=1S/C23H25N5O4/c1-27-12-11-24-20(27)13-28-19(14-29)22(32-15-21(28)30)16-7-9-18(10-8-16)26-23(31)25-17-5-3-2-4-6-17/h2-12,19,22,29H,13-15H2,1H3,(H2,25,26,31)/t19-,22-/m1/s1. The van der Waals surface area contributed by atoms with E-state index in [4.69, 9.17) is 4.74 Å². The minimum Gasteiger partial charge on any atom is -0.394 e. The number of urea groups is 1. The zero-order valence-corrected chi connectivity index (χ0v) is 17.6. The number of rotatable bonds is 6. The summed E-state index contributed by atoms with van der Waals surface area (Å²) in [5.41, 5.74) is 2.11. The van der Waals surface area contributed by atoms with Crippen LogP contribution in [0.5, 0.6) is 0 Å². The van der Waals surface area contributed by atoms with E-state index in [1.54, 1.807) is 35.4 Å². The van der Waals surface area contributed by atoms with E-state index in [-0.39, 0.29) is 31.7 Å². The lowest BCUT2D eigenvalue weighted by Gasteiger charge is -2.40. The summed E-state index contributed by atoms with van der Waals surface area (Å²) in [5.74, 6) is 0.528. The van der Waals surface area contributed by atoms with Crippen molar-refractivity contribution >= 4 is 23.3 Å². The summed E-state index contributed by atoms with van der Waals surface area (Å²) in [4.78, 5) is 30.6. The molecule has 3 N–H and O–H groups in total. The fourth-order valence-corrected chi connectivity index (χ4v) is 3.69. The van der Waals surface area contributed by atoms with Crippen molar-refractivity contribution < 1.29 is 19.4 Å². The Balaban J connectivity index is 1.44. The first-order valence-electron chi connectivity index (χ1n) is 10.3. The number of para-hydroxylation sites is 1. The van der Waals surface area contributed by atoms with E-state index >= 15 is 0 Å². The number of aromatic nitrogens is 2. The number of carbonyl (C=O) groups excluding carboxylic acids is 2. The van der Waals surface area contributed by atoms with Gasteiger partial charge in [0, 0.05) is 30.8 Å². The molecule has 1 saturated heterocycles. The Bertz CT molecular complexity index is 1070. The average molecular weight is 435 g/mol. The maximum atomic E-state index is 12.5. The van der Waals surface area contributed by atoms with Gasteiger partial charge in [-0.3, -0.25) is 4.79 Å². The number of amides is 3. The summed E-state index contributed by atoms with van der Waals surface area (Å²) in [6.07, 6.45) is 2.99. The molecular formula is C23H25N5O4. The summed E-state index contributed by atoms with van der Waals surface area (Å²) in [5, 5.41) is 15.6. The molecule has 166 valence electrons. The van der Waals surface area contributed by atoms with Crippen molar-refractivity contribution in [2.24, 2.45) is 7.05 Å². The average Bonchev–Trinajstić information content (AvgIpc) is 3.20. The van der Waals surface area contributed by atoms with E-state index in [2.05, 4.69) is 15.6 Å². The first-order chi connectivity index (χ1) is 15.5. The van der Waals surface area contributed by atoms with Crippen molar-refractivity contribution in [1.29, 1.82) is 0 Å². The minimum absolute atomic E-state index is 0.0783. The van der Waals surface area contributed by atoms with Gasteiger partial charge in [0.1, 0.15) is 18.5 Å². The van der Waals surface area contributed by atoms with E-state index in [1.165, 1.54) is 0 Å². The Kier molecular flexibility index (Phi) is 6.48. The Morgan fingerprint density at radius 3 is 2.44 bits per heavy atom. The van der Waals surface area contributed by atoms with Crippen molar-refractivity contribution in [3.63, 3.8) is 0 Å². The highest BCUT2D eigenvalue weighted by Gasteiger charge is 2.37. The van der Waals surface area contributed by atoms with E-state index in [9.17, 15) is 14.7 Å². The number of ether oxygens (including phenoxy) is 1. The van der Waals surface area contributed by atoms with E-state index < -0.39 is 12.1 Å². The van der Waals surface area contributed by atoms with Gasteiger partial charge in [-0.1, -0.05) is 30.3 Å². The smallest absolute Gasteiger partial charge is 0.323 e. The Morgan fingerprint density at radius 1 is 1.12 bits per heavy atom. The molecule has 4 rings (SSSR count). The predicted molar refractivity (Wildman–Crippen MR) is 119 cm³/mol. The lowest BCUT2D eigenvalue weighted by molar-refractivity contribution is -0.162.